The molecule has 7 nitrogen and oxygen atoms in total. The summed E-state index contributed by atoms with van der Waals surface area (Å²) in [7, 11) is 2.64. The van der Waals surface area contributed by atoms with Crippen molar-refractivity contribution in [3.8, 4) is 11.1 Å². The minimum atomic E-state index is -4.76. The lowest BCUT2D eigenvalue weighted by atomic mass is 9.90. The maximum atomic E-state index is 14.5. The molecule has 2 heterocycles. The van der Waals surface area contributed by atoms with Gasteiger partial charge in [0.2, 0.25) is 0 Å². The first kappa shape index (κ1) is 29.6. The van der Waals surface area contributed by atoms with Crippen molar-refractivity contribution in [1.29, 1.82) is 0 Å². The van der Waals surface area contributed by atoms with E-state index in [1.54, 1.807) is 18.2 Å². The van der Waals surface area contributed by atoms with E-state index in [9.17, 15) is 27.6 Å². The molecule has 0 saturated heterocycles. The fourth-order valence-electron chi connectivity index (χ4n) is 5.59. The molecular weight excluding hydrogens is 594 g/mol. The molecule has 1 N–H and O–H groups in total. The molecule has 2 aromatic heterocycles. The molecule has 0 aliphatic heterocycles. The first-order valence-corrected chi connectivity index (χ1v) is 13.7. The fraction of sp³-hybridized carbons (Fsp3) is 0.267. The molecule has 0 unspecified atom stereocenters. The Morgan fingerprint density at radius 2 is 1.81 bits per heavy atom. The number of fused-ring (bicyclic) bond motifs is 2. The second kappa shape index (κ2) is 11.4. The summed E-state index contributed by atoms with van der Waals surface area (Å²) in [5, 5.41) is 3.04. The summed E-state index contributed by atoms with van der Waals surface area (Å²) in [6.07, 6.45) is -2.29. The number of nitrogens with one attached hydrogen (secondary N) is 1. The number of amides is 1. The molecule has 2 aromatic carbocycles. The van der Waals surface area contributed by atoms with Crippen LogP contribution in [0.2, 0.25) is 10.0 Å². The molecule has 1 aliphatic carbocycles. The minimum Gasteiger partial charge on any atom is -0.467 e. The Bertz CT molecular complexity index is 1780. The van der Waals surface area contributed by atoms with Gasteiger partial charge in [0.15, 0.2) is 0 Å². The van der Waals surface area contributed by atoms with E-state index in [2.05, 4.69) is 10.3 Å². The summed E-state index contributed by atoms with van der Waals surface area (Å²) < 4.78 is 49.8. The van der Waals surface area contributed by atoms with Crippen LogP contribution in [0.1, 0.15) is 39.2 Å². The molecule has 4 aromatic rings. The standard InChI is InChI=1S/C30H24Cl2F3N3O4/c1-38-22-10-3-6-18(22)25(30(33,34)35)23(28(38)40)16-12-11-15(26-17(16)7-5-13-36-26)14-21(29(41)42-2)37-27(39)24-19(31)8-4-9-20(24)32/h4-5,7-9,11-13,21H,3,6,10,14H2,1-2H3,(H,37,39)/t21-/m0/s1. The molecule has 5 rings (SSSR count). The van der Waals surface area contributed by atoms with Gasteiger partial charge in [0.25, 0.3) is 11.5 Å². The Morgan fingerprint density at radius 3 is 2.48 bits per heavy atom. The van der Waals surface area contributed by atoms with Crippen LogP contribution in [-0.4, -0.2) is 34.6 Å². The molecule has 1 atom stereocenters. The summed E-state index contributed by atoms with van der Waals surface area (Å²) in [5.41, 5.74) is -0.846. The highest BCUT2D eigenvalue weighted by atomic mass is 35.5. The summed E-state index contributed by atoms with van der Waals surface area (Å²) in [6, 6.07) is 9.36. The molecule has 0 bridgehead atoms. The van der Waals surface area contributed by atoms with Crippen molar-refractivity contribution in [1.82, 2.24) is 14.9 Å². The van der Waals surface area contributed by atoms with E-state index >= 15 is 0 Å². The van der Waals surface area contributed by atoms with Crippen LogP contribution in [0.5, 0.6) is 0 Å². The third-order valence-electron chi connectivity index (χ3n) is 7.47. The Balaban J connectivity index is 1.63. The van der Waals surface area contributed by atoms with Gasteiger partial charge in [-0.1, -0.05) is 47.5 Å². The Labute approximate surface area is 248 Å². The number of rotatable bonds is 6. The molecule has 1 aliphatic rings. The lowest BCUT2D eigenvalue weighted by molar-refractivity contribution is -0.143. The van der Waals surface area contributed by atoms with E-state index in [-0.39, 0.29) is 45.1 Å². The average Bonchev–Trinajstić information content (AvgIpc) is 3.43. The van der Waals surface area contributed by atoms with Gasteiger partial charge in [0.1, 0.15) is 6.04 Å². The van der Waals surface area contributed by atoms with Crippen LogP contribution < -0.4 is 10.9 Å². The van der Waals surface area contributed by atoms with Gasteiger partial charge in [0, 0.05) is 30.7 Å². The minimum absolute atomic E-state index is 0.0276. The molecule has 218 valence electrons. The maximum Gasteiger partial charge on any atom is 0.417 e. The highest BCUT2D eigenvalue weighted by Gasteiger charge is 2.41. The van der Waals surface area contributed by atoms with Crippen LogP contribution in [0, 0.1) is 0 Å². The maximum absolute atomic E-state index is 14.5. The smallest absolute Gasteiger partial charge is 0.417 e. The lowest BCUT2D eigenvalue weighted by Gasteiger charge is -2.21. The number of benzene rings is 2. The van der Waals surface area contributed by atoms with E-state index in [0.29, 0.717) is 29.5 Å². The predicted octanol–water partition coefficient (Wildman–Crippen LogP) is 5.93. The van der Waals surface area contributed by atoms with Crippen molar-refractivity contribution in [3.05, 3.63) is 97.0 Å². The molecule has 0 saturated carbocycles. The number of aromatic nitrogens is 2. The fourth-order valence-corrected chi connectivity index (χ4v) is 6.16. The Kier molecular flexibility index (Phi) is 8.04. The third kappa shape index (κ3) is 5.25. The van der Waals surface area contributed by atoms with E-state index in [1.807, 2.05) is 0 Å². The zero-order chi connectivity index (χ0) is 30.3. The number of carbonyl (C=O) groups is 2. The largest absolute Gasteiger partial charge is 0.467 e. The van der Waals surface area contributed by atoms with Gasteiger partial charge in [-0.3, -0.25) is 14.6 Å². The molecular formula is C30H24Cl2F3N3O4. The zero-order valence-electron chi connectivity index (χ0n) is 22.4. The molecule has 42 heavy (non-hydrogen) atoms. The van der Waals surface area contributed by atoms with Crippen molar-refractivity contribution in [2.75, 3.05) is 7.11 Å². The number of esters is 1. The number of nitrogens with zero attached hydrogens (tertiary/aromatic N) is 2. The zero-order valence-corrected chi connectivity index (χ0v) is 24.0. The van der Waals surface area contributed by atoms with Gasteiger partial charge in [-0.15, -0.1) is 0 Å². The first-order valence-electron chi connectivity index (χ1n) is 13.0. The van der Waals surface area contributed by atoms with Crippen LogP contribution in [0.25, 0.3) is 22.0 Å². The van der Waals surface area contributed by atoms with Crippen LogP contribution in [-0.2, 0) is 42.0 Å². The molecule has 1 amide bonds. The van der Waals surface area contributed by atoms with Crippen LogP contribution in [0.4, 0.5) is 13.2 Å². The lowest BCUT2D eigenvalue weighted by Crippen LogP contribution is -2.43. The number of hydrogen-bond acceptors (Lipinski definition) is 5. The van der Waals surface area contributed by atoms with E-state index in [1.165, 1.54) is 42.1 Å². The van der Waals surface area contributed by atoms with E-state index in [0.717, 1.165) is 7.11 Å². The number of carbonyl (C=O) groups excluding carboxylic acids is 2. The number of alkyl halides is 3. The number of hydrogen-bond donors (Lipinski definition) is 1. The van der Waals surface area contributed by atoms with Gasteiger partial charge in [0.05, 0.1) is 39.4 Å². The first-order chi connectivity index (χ1) is 19.9. The molecule has 0 fully saturated rings. The predicted molar refractivity (Wildman–Crippen MR) is 153 cm³/mol. The SMILES string of the molecule is COC(=O)[C@H](Cc1ccc(-c2c(C(F)(F)F)c3c(n(C)c2=O)CCC3)c2cccnc12)NC(=O)c1c(Cl)cccc1Cl. The van der Waals surface area contributed by atoms with Crippen molar-refractivity contribution >= 4 is 46.0 Å². The quantitative estimate of drug-likeness (QED) is 0.271. The van der Waals surface area contributed by atoms with Crippen molar-refractivity contribution in [2.24, 2.45) is 7.05 Å². The second-order valence-electron chi connectivity index (χ2n) is 9.91. The number of halogens is 5. The number of pyridine rings is 2. The van der Waals surface area contributed by atoms with E-state index in [4.69, 9.17) is 27.9 Å². The summed E-state index contributed by atoms with van der Waals surface area (Å²) in [4.78, 5) is 43.6. The van der Waals surface area contributed by atoms with Gasteiger partial charge >= 0.3 is 12.1 Å². The van der Waals surface area contributed by atoms with Crippen molar-refractivity contribution in [3.63, 3.8) is 0 Å². The normalized spacial score (nSPS) is 13.6. The van der Waals surface area contributed by atoms with Crippen molar-refractivity contribution in [2.45, 2.75) is 37.9 Å². The molecule has 0 radical (unpaired) electrons. The van der Waals surface area contributed by atoms with Crippen molar-refractivity contribution < 1.29 is 27.5 Å². The number of methoxy groups -OCH3 is 1. The van der Waals surface area contributed by atoms with E-state index < -0.39 is 40.8 Å². The second-order valence-corrected chi connectivity index (χ2v) is 10.7. The van der Waals surface area contributed by atoms with Gasteiger partial charge < -0.3 is 14.6 Å². The monoisotopic (exact) mass is 617 g/mol. The van der Waals surface area contributed by atoms with Crippen LogP contribution in [0.3, 0.4) is 0 Å². The summed E-state index contributed by atoms with van der Waals surface area (Å²) in [6.45, 7) is 0. The number of ether oxygens (including phenoxy) is 1. The van der Waals surface area contributed by atoms with Gasteiger partial charge in [-0.05, 0) is 54.2 Å². The van der Waals surface area contributed by atoms with Gasteiger partial charge in [-0.2, -0.15) is 13.2 Å². The summed E-state index contributed by atoms with van der Waals surface area (Å²) >= 11 is 12.3. The van der Waals surface area contributed by atoms with Gasteiger partial charge in [-0.25, -0.2) is 4.79 Å². The third-order valence-corrected chi connectivity index (χ3v) is 8.10. The highest BCUT2D eigenvalue weighted by Crippen LogP contribution is 2.43. The van der Waals surface area contributed by atoms with Crippen LogP contribution in [0.15, 0.2) is 53.5 Å². The topological polar surface area (TPSA) is 90.3 Å². The summed E-state index contributed by atoms with van der Waals surface area (Å²) in [5.74, 6) is -1.49. The van der Waals surface area contributed by atoms with Crippen LogP contribution >= 0.6 is 23.2 Å². The highest BCUT2D eigenvalue weighted by molar-refractivity contribution is 6.39. The molecule has 0 spiro atoms. The Morgan fingerprint density at radius 1 is 1.10 bits per heavy atom. The Hall–Kier alpha value is -3.89. The average molecular weight is 618 g/mol. The molecule has 12 heteroatoms.